The van der Waals surface area contributed by atoms with Crippen molar-refractivity contribution < 1.29 is 0 Å². The molecule has 1 aromatic carbocycles. The van der Waals surface area contributed by atoms with E-state index in [1.54, 1.807) is 0 Å². The van der Waals surface area contributed by atoms with Gasteiger partial charge in [-0.1, -0.05) is 35.0 Å². The van der Waals surface area contributed by atoms with Crippen LogP contribution in [-0.2, 0) is 13.1 Å². The molecule has 2 atom stereocenters. The molecule has 2 rings (SSSR count). The first-order valence-electron chi connectivity index (χ1n) is 7.26. The molecule has 0 aromatic heterocycles. The third kappa shape index (κ3) is 4.04. The fourth-order valence-corrected chi connectivity index (χ4v) is 3.40. The van der Waals surface area contributed by atoms with E-state index < -0.39 is 0 Å². The second kappa shape index (κ2) is 6.87. The number of nitrogens with one attached hydrogen (secondary N) is 1. The summed E-state index contributed by atoms with van der Waals surface area (Å²) < 4.78 is 1.24. The normalized spacial score (nSPS) is 24.6. The summed E-state index contributed by atoms with van der Waals surface area (Å²) in [7, 11) is 1.98. The topological polar surface area (TPSA) is 15.3 Å². The zero-order chi connectivity index (χ0) is 13.8. The minimum Gasteiger partial charge on any atom is -0.316 e. The van der Waals surface area contributed by atoms with Crippen LogP contribution in [0.4, 0.5) is 0 Å². The van der Waals surface area contributed by atoms with Gasteiger partial charge in [-0.15, -0.1) is 0 Å². The highest BCUT2D eigenvalue weighted by atomic mass is 79.9. The minimum absolute atomic E-state index is 0.708. The van der Waals surface area contributed by atoms with Crippen LogP contribution in [0, 0.1) is 5.92 Å². The van der Waals surface area contributed by atoms with Gasteiger partial charge in [-0.25, -0.2) is 0 Å². The Morgan fingerprint density at radius 1 is 1.32 bits per heavy atom. The number of likely N-dealkylation sites (tertiary alicyclic amines) is 1. The van der Waals surface area contributed by atoms with Crippen molar-refractivity contribution in [3.8, 4) is 0 Å². The molecule has 106 valence electrons. The van der Waals surface area contributed by atoms with Crippen molar-refractivity contribution in [3.05, 3.63) is 33.8 Å². The van der Waals surface area contributed by atoms with Gasteiger partial charge < -0.3 is 5.32 Å². The predicted octanol–water partition coefficient (Wildman–Crippen LogP) is 3.79. The molecule has 2 unspecified atom stereocenters. The fourth-order valence-electron chi connectivity index (χ4n) is 2.85. The van der Waals surface area contributed by atoms with Crippen LogP contribution in [0.3, 0.4) is 0 Å². The Morgan fingerprint density at radius 2 is 2.11 bits per heavy atom. The van der Waals surface area contributed by atoms with Crippen molar-refractivity contribution in [1.29, 1.82) is 0 Å². The van der Waals surface area contributed by atoms with Crippen molar-refractivity contribution in [1.82, 2.24) is 10.2 Å². The number of nitrogens with zero attached hydrogens (tertiary/aromatic N) is 1. The van der Waals surface area contributed by atoms with Crippen molar-refractivity contribution in [2.75, 3.05) is 13.6 Å². The molecular formula is C16H25BrN2. The minimum atomic E-state index is 0.708. The van der Waals surface area contributed by atoms with E-state index in [4.69, 9.17) is 0 Å². The molecular weight excluding hydrogens is 300 g/mol. The zero-order valence-corrected chi connectivity index (χ0v) is 13.8. The van der Waals surface area contributed by atoms with Crippen molar-refractivity contribution in [2.24, 2.45) is 5.92 Å². The Hall–Kier alpha value is -0.380. The Balaban J connectivity index is 2.05. The Labute approximate surface area is 125 Å². The van der Waals surface area contributed by atoms with Gasteiger partial charge in [-0.2, -0.15) is 0 Å². The smallest absolute Gasteiger partial charge is 0.0247 e. The Bertz CT molecular complexity index is 419. The number of hydrogen-bond acceptors (Lipinski definition) is 2. The largest absolute Gasteiger partial charge is 0.316 e. The van der Waals surface area contributed by atoms with Crippen LogP contribution in [0.25, 0.3) is 0 Å². The fraction of sp³-hybridized carbons (Fsp3) is 0.625. The summed E-state index contributed by atoms with van der Waals surface area (Å²) in [4.78, 5) is 2.62. The van der Waals surface area contributed by atoms with Crippen molar-refractivity contribution in [3.63, 3.8) is 0 Å². The van der Waals surface area contributed by atoms with Crippen LogP contribution in [-0.4, -0.2) is 24.5 Å². The molecule has 0 spiro atoms. The van der Waals surface area contributed by atoms with Gasteiger partial charge in [0.15, 0.2) is 0 Å². The lowest BCUT2D eigenvalue weighted by Gasteiger charge is -2.37. The maximum absolute atomic E-state index is 3.72. The van der Waals surface area contributed by atoms with Gasteiger partial charge in [-0.3, -0.25) is 4.90 Å². The summed E-state index contributed by atoms with van der Waals surface area (Å²) in [5, 5.41) is 3.19. The molecule has 0 saturated carbocycles. The number of halogens is 1. The predicted molar refractivity (Wildman–Crippen MR) is 85.2 cm³/mol. The third-order valence-electron chi connectivity index (χ3n) is 4.12. The molecule has 1 heterocycles. The van der Waals surface area contributed by atoms with E-state index in [-0.39, 0.29) is 0 Å². The van der Waals surface area contributed by atoms with Crippen molar-refractivity contribution >= 4 is 15.9 Å². The van der Waals surface area contributed by atoms with Gasteiger partial charge in [0, 0.05) is 30.1 Å². The summed E-state index contributed by atoms with van der Waals surface area (Å²) in [5.74, 6) is 0.832. The molecule has 1 saturated heterocycles. The summed E-state index contributed by atoms with van der Waals surface area (Å²) in [5.41, 5.74) is 2.74. The van der Waals surface area contributed by atoms with Crippen LogP contribution in [0.5, 0.6) is 0 Å². The molecule has 3 heteroatoms. The SMILES string of the molecule is CNCc1ccc(CN2CC(C)CCC2C)c(Br)c1. The van der Waals surface area contributed by atoms with Crippen LogP contribution in [0.15, 0.2) is 22.7 Å². The highest BCUT2D eigenvalue weighted by Crippen LogP contribution is 2.26. The van der Waals surface area contributed by atoms with Gasteiger partial charge in [0.1, 0.15) is 0 Å². The highest BCUT2D eigenvalue weighted by molar-refractivity contribution is 9.10. The highest BCUT2D eigenvalue weighted by Gasteiger charge is 2.23. The lowest BCUT2D eigenvalue weighted by molar-refractivity contribution is 0.117. The van der Waals surface area contributed by atoms with Gasteiger partial charge in [0.2, 0.25) is 0 Å². The first kappa shape index (κ1) is 15.0. The van der Waals surface area contributed by atoms with Crippen LogP contribution in [0.2, 0.25) is 0 Å². The van der Waals surface area contributed by atoms with Gasteiger partial charge in [-0.05, 0) is 49.9 Å². The Kier molecular flexibility index (Phi) is 5.43. The lowest BCUT2D eigenvalue weighted by Crippen LogP contribution is -2.40. The van der Waals surface area contributed by atoms with Crippen LogP contribution < -0.4 is 5.32 Å². The molecule has 1 aromatic rings. The second-order valence-corrected chi connectivity index (χ2v) is 6.77. The summed E-state index contributed by atoms with van der Waals surface area (Å²) in [6.07, 6.45) is 2.70. The second-order valence-electron chi connectivity index (χ2n) is 5.92. The zero-order valence-electron chi connectivity index (χ0n) is 12.2. The molecule has 0 bridgehead atoms. The molecule has 0 aliphatic carbocycles. The van der Waals surface area contributed by atoms with E-state index in [0.717, 1.165) is 19.0 Å². The van der Waals surface area contributed by atoms with E-state index in [1.165, 1.54) is 35.0 Å². The Morgan fingerprint density at radius 3 is 2.79 bits per heavy atom. The number of hydrogen-bond donors (Lipinski definition) is 1. The number of piperidine rings is 1. The van der Waals surface area contributed by atoms with Crippen molar-refractivity contribution in [2.45, 2.75) is 45.8 Å². The van der Waals surface area contributed by atoms with E-state index in [1.807, 2.05) is 7.05 Å². The molecule has 1 aliphatic heterocycles. The average Bonchev–Trinajstić information content (AvgIpc) is 2.37. The molecule has 1 aliphatic rings. The molecule has 1 fully saturated rings. The summed E-state index contributed by atoms with van der Waals surface area (Å²) >= 11 is 3.72. The van der Waals surface area contributed by atoms with Crippen LogP contribution >= 0.6 is 15.9 Å². The monoisotopic (exact) mass is 324 g/mol. The van der Waals surface area contributed by atoms with Gasteiger partial charge >= 0.3 is 0 Å². The molecule has 1 N–H and O–H groups in total. The average molecular weight is 325 g/mol. The first-order chi connectivity index (χ1) is 9.10. The third-order valence-corrected chi connectivity index (χ3v) is 4.86. The molecule has 0 amide bonds. The number of benzene rings is 1. The maximum atomic E-state index is 3.72. The molecule has 19 heavy (non-hydrogen) atoms. The lowest BCUT2D eigenvalue weighted by atomic mass is 9.94. The summed E-state index contributed by atoms with van der Waals surface area (Å²) in [6, 6.07) is 7.45. The van der Waals surface area contributed by atoms with E-state index in [2.05, 4.69) is 58.2 Å². The van der Waals surface area contributed by atoms with E-state index >= 15 is 0 Å². The van der Waals surface area contributed by atoms with Crippen LogP contribution in [0.1, 0.15) is 37.8 Å². The first-order valence-corrected chi connectivity index (χ1v) is 8.05. The molecule has 0 radical (unpaired) electrons. The maximum Gasteiger partial charge on any atom is 0.0247 e. The molecule has 2 nitrogen and oxygen atoms in total. The summed E-state index contributed by atoms with van der Waals surface area (Å²) in [6.45, 7) is 7.94. The van der Waals surface area contributed by atoms with Gasteiger partial charge in [0.05, 0.1) is 0 Å². The van der Waals surface area contributed by atoms with E-state index in [9.17, 15) is 0 Å². The quantitative estimate of drug-likeness (QED) is 0.906. The standard InChI is InChI=1S/C16H25BrN2/c1-12-4-5-13(2)19(10-12)11-15-7-6-14(9-18-3)8-16(15)17/h6-8,12-13,18H,4-5,9-11H2,1-3H3. The number of rotatable bonds is 4. The van der Waals surface area contributed by atoms with E-state index in [0.29, 0.717) is 6.04 Å². The van der Waals surface area contributed by atoms with Gasteiger partial charge in [0.25, 0.3) is 0 Å².